The van der Waals surface area contributed by atoms with Crippen molar-refractivity contribution in [3.05, 3.63) is 0 Å². The molecule has 19 heteroatoms. The number of esters is 4. The Hall–Kier alpha value is -1.94. The molecule has 0 rings (SSSR count). The van der Waals surface area contributed by atoms with Gasteiger partial charge in [-0.3, -0.25) is 37.3 Å². The van der Waals surface area contributed by atoms with Gasteiger partial charge in [0, 0.05) is 25.7 Å². The number of hydrogen-bond donors (Lipinski definition) is 3. The van der Waals surface area contributed by atoms with E-state index in [1.54, 1.807) is 0 Å². The van der Waals surface area contributed by atoms with Gasteiger partial charge in [0.05, 0.1) is 26.4 Å². The fraction of sp³-hybridized carbons (Fsp3) is 0.956. The van der Waals surface area contributed by atoms with E-state index in [-0.39, 0.29) is 25.7 Å². The fourth-order valence-electron chi connectivity index (χ4n) is 14.1. The molecule has 6 atom stereocenters. The Bertz CT molecular complexity index is 2070. The molecule has 0 saturated carbocycles. The highest BCUT2D eigenvalue weighted by Gasteiger charge is 2.31. The van der Waals surface area contributed by atoms with Gasteiger partial charge in [0.15, 0.2) is 12.2 Å². The summed E-state index contributed by atoms with van der Waals surface area (Å²) in [6, 6.07) is 0. The van der Waals surface area contributed by atoms with Crippen LogP contribution in [0.2, 0.25) is 0 Å². The molecule has 0 saturated heterocycles. The number of unbranched alkanes of at least 4 members (excludes halogenated alkanes) is 61. The van der Waals surface area contributed by atoms with Crippen LogP contribution in [0.1, 0.15) is 490 Å². The van der Waals surface area contributed by atoms with Crippen molar-refractivity contribution in [1.29, 1.82) is 0 Å². The Morgan fingerprint density at radius 2 is 0.440 bits per heavy atom. The lowest BCUT2D eigenvalue weighted by Crippen LogP contribution is -2.30. The minimum Gasteiger partial charge on any atom is -0.462 e. The van der Waals surface area contributed by atoms with Crippen molar-refractivity contribution < 1.29 is 80.2 Å². The summed E-state index contributed by atoms with van der Waals surface area (Å²) < 4.78 is 69.1. The Balaban J connectivity index is 5.24. The average molecular weight is 1590 g/mol. The predicted molar refractivity (Wildman–Crippen MR) is 451 cm³/mol. The number of phosphoric acid groups is 2. The minimum absolute atomic E-state index is 0.109. The summed E-state index contributed by atoms with van der Waals surface area (Å²) >= 11 is 0. The summed E-state index contributed by atoms with van der Waals surface area (Å²) in [6.07, 6.45) is 77.7. The quantitative estimate of drug-likeness (QED) is 0.0222. The molecule has 0 aromatic heterocycles. The van der Waals surface area contributed by atoms with Gasteiger partial charge >= 0.3 is 39.5 Å². The van der Waals surface area contributed by atoms with Crippen LogP contribution >= 0.6 is 15.6 Å². The van der Waals surface area contributed by atoms with Crippen LogP contribution in [0.3, 0.4) is 0 Å². The van der Waals surface area contributed by atoms with E-state index in [2.05, 4.69) is 34.6 Å². The third kappa shape index (κ3) is 82.4. The van der Waals surface area contributed by atoms with E-state index in [1.807, 2.05) is 0 Å². The molecule has 0 spiro atoms. The molecule has 0 bridgehead atoms. The van der Waals surface area contributed by atoms with E-state index in [4.69, 9.17) is 37.0 Å². The van der Waals surface area contributed by atoms with Gasteiger partial charge in [-0.1, -0.05) is 439 Å². The lowest BCUT2D eigenvalue weighted by Gasteiger charge is -2.21. The van der Waals surface area contributed by atoms with E-state index < -0.39 is 97.5 Å². The van der Waals surface area contributed by atoms with E-state index >= 15 is 0 Å². The average Bonchev–Trinajstić information content (AvgIpc) is 0.902. The highest BCUT2D eigenvalue weighted by atomic mass is 31.2. The van der Waals surface area contributed by atoms with Crippen molar-refractivity contribution in [3.63, 3.8) is 0 Å². The maximum atomic E-state index is 13.2. The van der Waals surface area contributed by atoms with Crippen LogP contribution < -0.4 is 0 Å². The first-order valence-corrected chi connectivity index (χ1v) is 49.7. The topological polar surface area (TPSA) is 237 Å². The van der Waals surface area contributed by atoms with Gasteiger partial charge < -0.3 is 33.8 Å². The van der Waals surface area contributed by atoms with Crippen molar-refractivity contribution in [2.24, 2.45) is 5.92 Å². The Morgan fingerprint density at radius 1 is 0.257 bits per heavy atom. The van der Waals surface area contributed by atoms with E-state index in [0.717, 1.165) is 95.8 Å². The molecular weight excluding hydrogens is 1410 g/mol. The number of aliphatic hydroxyl groups excluding tert-OH is 1. The molecule has 0 fully saturated rings. The molecule has 648 valence electrons. The van der Waals surface area contributed by atoms with Crippen LogP contribution in [0.5, 0.6) is 0 Å². The number of carbonyl (C=O) groups is 4. The van der Waals surface area contributed by atoms with Crippen molar-refractivity contribution in [1.82, 2.24) is 0 Å². The summed E-state index contributed by atoms with van der Waals surface area (Å²) in [5, 5.41) is 10.7. The molecule has 0 aliphatic heterocycles. The molecule has 0 aromatic rings. The smallest absolute Gasteiger partial charge is 0.462 e. The zero-order valence-corrected chi connectivity index (χ0v) is 73.5. The Labute approximate surface area is 670 Å². The molecule has 0 radical (unpaired) electrons. The van der Waals surface area contributed by atoms with Crippen LogP contribution in [0.15, 0.2) is 0 Å². The second kappa shape index (κ2) is 82.6. The summed E-state index contributed by atoms with van der Waals surface area (Å²) in [6.45, 7) is 7.45. The molecule has 0 heterocycles. The number of aliphatic hydroxyl groups is 1. The van der Waals surface area contributed by atoms with E-state index in [1.165, 1.54) is 315 Å². The number of phosphoric ester groups is 2. The SMILES string of the molecule is CCCCCCCCCCCCCCCCCCCCCCCCC(=O)O[C@H](COC(=O)CCCCCCCCCCCCCCCCC(C)CC)COP(=O)(O)OC[C@@H](O)COP(=O)(O)OC[C@@H](COC(=O)CCCCCCCCCCCCCC)OC(=O)CCCCCCCCCCCCCCCCCCC. The molecule has 0 aromatic carbocycles. The normalized spacial score (nSPS) is 13.9. The zero-order valence-electron chi connectivity index (χ0n) is 71.7. The number of ether oxygens (including phenoxy) is 4. The molecule has 3 unspecified atom stereocenters. The highest BCUT2D eigenvalue weighted by Crippen LogP contribution is 2.45. The standard InChI is InChI=1S/C90H176O17P2/c1-6-10-13-16-19-22-25-28-30-32-33-34-35-36-38-40-46-51-56-61-66-71-76-90(95)107-86(80-101-88(93)74-69-64-59-54-49-44-42-41-43-47-52-57-62-67-72-83(5)9-4)82-105-109(98,99)103-78-84(91)77-102-108(96,97)104-81-85(79-100-87(92)73-68-63-58-53-48-27-24-21-18-15-12-8-3)106-89(94)75-70-65-60-55-50-45-39-37-31-29-26-23-20-17-14-11-7-2/h83-86,91H,6-82H2,1-5H3,(H,96,97)(H,98,99)/t83?,84-,85+,86+/m0/s1. The molecule has 0 amide bonds. The Morgan fingerprint density at radius 3 is 0.651 bits per heavy atom. The van der Waals surface area contributed by atoms with Gasteiger partial charge in [0.2, 0.25) is 0 Å². The first-order chi connectivity index (χ1) is 53.1. The van der Waals surface area contributed by atoms with Crippen molar-refractivity contribution >= 4 is 39.5 Å². The summed E-state index contributed by atoms with van der Waals surface area (Å²) in [5.74, 6) is -1.24. The fourth-order valence-corrected chi connectivity index (χ4v) is 15.7. The van der Waals surface area contributed by atoms with Gasteiger partial charge in [0.1, 0.15) is 19.3 Å². The monoisotopic (exact) mass is 1590 g/mol. The first kappa shape index (κ1) is 107. The van der Waals surface area contributed by atoms with Gasteiger partial charge in [0.25, 0.3) is 0 Å². The highest BCUT2D eigenvalue weighted by molar-refractivity contribution is 7.47. The number of hydrogen-bond acceptors (Lipinski definition) is 15. The largest absolute Gasteiger partial charge is 0.472 e. The summed E-state index contributed by atoms with van der Waals surface area (Å²) in [5.41, 5.74) is 0. The third-order valence-electron chi connectivity index (χ3n) is 21.6. The molecule has 0 aliphatic rings. The van der Waals surface area contributed by atoms with E-state index in [9.17, 15) is 43.2 Å². The maximum Gasteiger partial charge on any atom is 0.472 e. The lowest BCUT2D eigenvalue weighted by molar-refractivity contribution is -0.161. The zero-order chi connectivity index (χ0) is 79.7. The second-order valence-electron chi connectivity index (χ2n) is 32.6. The molecule has 17 nitrogen and oxygen atoms in total. The van der Waals surface area contributed by atoms with Crippen LogP contribution in [-0.2, 0) is 65.4 Å². The Kier molecular flexibility index (Phi) is 81.1. The minimum atomic E-state index is -4.97. The number of rotatable bonds is 90. The summed E-state index contributed by atoms with van der Waals surface area (Å²) in [7, 11) is -9.93. The molecular formula is C90H176O17P2. The van der Waals surface area contributed by atoms with Crippen molar-refractivity contribution in [2.45, 2.75) is 509 Å². The van der Waals surface area contributed by atoms with Gasteiger partial charge in [-0.15, -0.1) is 0 Å². The van der Waals surface area contributed by atoms with Crippen molar-refractivity contribution in [2.75, 3.05) is 39.6 Å². The molecule has 3 N–H and O–H groups in total. The van der Waals surface area contributed by atoms with Gasteiger partial charge in [-0.2, -0.15) is 0 Å². The van der Waals surface area contributed by atoms with Crippen molar-refractivity contribution in [3.8, 4) is 0 Å². The second-order valence-corrected chi connectivity index (χ2v) is 35.5. The summed E-state index contributed by atoms with van der Waals surface area (Å²) in [4.78, 5) is 73.4. The molecule has 109 heavy (non-hydrogen) atoms. The maximum absolute atomic E-state index is 13.2. The van der Waals surface area contributed by atoms with Crippen LogP contribution in [0.25, 0.3) is 0 Å². The van der Waals surface area contributed by atoms with Gasteiger partial charge in [-0.05, 0) is 31.6 Å². The van der Waals surface area contributed by atoms with E-state index in [0.29, 0.717) is 25.7 Å². The van der Waals surface area contributed by atoms with Crippen LogP contribution in [0, 0.1) is 5.92 Å². The van der Waals surface area contributed by atoms with Crippen LogP contribution in [-0.4, -0.2) is 96.7 Å². The first-order valence-electron chi connectivity index (χ1n) is 46.7. The predicted octanol–water partition coefficient (Wildman–Crippen LogP) is 27.9. The lowest BCUT2D eigenvalue weighted by atomic mass is 9.99. The third-order valence-corrected chi connectivity index (χ3v) is 23.5. The van der Waals surface area contributed by atoms with Crippen LogP contribution in [0.4, 0.5) is 0 Å². The molecule has 0 aliphatic carbocycles. The number of carbonyl (C=O) groups excluding carboxylic acids is 4. The van der Waals surface area contributed by atoms with Gasteiger partial charge in [-0.25, -0.2) is 9.13 Å².